The lowest BCUT2D eigenvalue weighted by Crippen LogP contribution is -2.44. The summed E-state index contributed by atoms with van der Waals surface area (Å²) >= 11 is 0. The number of likely N-dealkylation sites (N-methyl/N-ethyl adjacent to an activating group) is 1. The van der Waals surface area contributed by atoms with Crippen molar-refractivity contribution in [3.8, 4) is 12.3 Å². The first kappa shape index (κ1) is 11.9. The molecule has 0 bridgehead atoms. The normalized spacial score (nSPS) is 17.9. The third kappa shape index (κ3) is 3.19. The summed E-state index contributed by atoms with van der Waals surface area (Å²) in [6.07, 6.45) is 5.35. The fourth-order valence-electron chi connectivity index (χ4n) is 2.00. The minimum absolute atomic E-state index is 0.620. The number of rotatable bonds is 2. The molecule has 1 saturated heterocycles. The molecular weight excluding hydrogens is 212 g/mol. The fraction of sp³-hybridized carbons (Fsp3) is 0.462. The Bertz CT molecular complexity index is 428. The molecule has 1 aliphatic heterocycles. The van der Waals surface area contributed by atoms with Crippen molar-refractivity contribution in [2.24, 2.45) is 0 Å². The highest BCUT2D eigenvalue weighted by molar-refractivity contribution is 5.44. The summed E-state index contributed by atoms with van der Waals surface area (Å²) in [7, 11) is 2.15. The zero-order chi connectivity index (χ0) is 12.3. The molecule has 2 rings (SSSR count). The van der Waals surface area contributed by atoms with Crippen LogP contribution < -0.4 is 5.73 Å². The maximum Gasteiger partial charge on any atom is 0.115 e. The van der Waals surface area contributed by atoms with Gasteiger partial charge in [0.05, 0.1) is 5.69 Å². The Morgan fingerprint density at radius 1 is 1.35 bits per heavy atom. The average molecular weight is 230 g/mol. The summed E-state index contributed by atoms with van der Waals surface area (Å²) in [5, 5.41) is 0. The van der Waals surface area contributed by atoms with Gasteiger partial charge in [0, 0.05) is 38.4 Å². The Morgan fingerprint density at radius 3 is 2.71 bits per heavy atom. The SMILES string of the molecule is C#Cc1cc(N)cc(CN2CCN(C)CC2)n1. The molecule has 1 fully saturated rings. The van der Waals surface area contributed by atoms with Crippen molar-refractivity contribution in [1.29, 1.82) is 0 Å². The van der Waals surface area contributed by atoms with Crippen LogP contribution in [0, 0.1) is 12.3 Å². The lowest BCUT2D eigenvalue weighted by Gasteiger charge is -2.32. The maximum absolute atomic E-state index is 5.80. The van der Waals surface area contributed by atoms with E-state index in [0.29, 0.717) is 11.4 Å². The second-order valence-electron chi connectivity index (χ2n) is 4.50. The number of aromatic nitrogens is 1. The van der Waals surface area contributed by atoms with Crippen molar-refractivity contribution < 1.29 is 0 Å². The van der Waals surface area contributed by atoms with Gasteiger partial charge in [-0.3, -0.25) is 4.90 Å². The molecule has 17 heavy (non-hydrogen) atoms. The number of nitrogens with zero attached hydrogens (tertiary/aromatic N) is 3. The molecule has 1 aromatic rings. The van der Waals surface area contributed by atoms with Gasteiger partial charge in [0.25, 0.3) is 0 Å². The standard InChI is InChI=1S/C13H18N4/c1-3-12-8-11(14)9-13(15-12)10-17-6-4-16(2)5-7-17/h1,8-9H,4-7,10H2,2H3,(H2,14,15). The van der Waals surface area contributed by atoms with Crippen molar-refractivity contribution in [3.63, 3.8) is 0 Å². The fourth-order valence-corrected chi connectivity index (χ4v) is 2.00. The van der Waals surface area contributed by atoms with Gasteiger partial charge >= 0.3 is 0 Å². The van der Waals surface area contributed by atoms with Crippen LogP contribution in [-0.4, -0.2) is 48.0 Å². The van der Waals surface area contributed by atoms with Gasteiger partial charge in [0.2, 0.25) is 0 Å². The van der Waals surface area contributed by atoms with Crippen LogP contribution in [0.5, 0.6) is 0 Å². The first-order chi connectivity index (χ1) is 8.17. The molecule has 0 unspecified atom stereocenters. The van der Waals surface area contributed by atoms with Crippen LogP contribution in [0.4, 0.5) is 5.69 Å². The predicted octanol–water partition coefficient (Wildman–Crippen LogP) is 0.393. The molecule has 0 atom stereocenters. The monoisotopic (exact) mass is 230 g/mol. The quantitative estimate of drug-likeness (QED) is 0.747. The van der Waals surface area contributed by atoms with E-state index >= 15 is 0 Å². The van der Waals surface area contributed by atoms with E-state index in [1.165, 1.54) is 0 Å². The van der Waals surface area contributed by atoms with Crippen molar-refractivity contribution >= 4 is 5.69 Å². The number of hydrogen-bond acceptors (Lipinski definition) is 4. The number of anilines is 1. The minimum Gasteiger partial charge on any atom is -0.399 e. The molecule has 0 aliphatic carbocycles. The van der Waals surface area contributed by atoms with Gasteiger partial charge in [0.1, 0.15) is 5.69 Å². The number of pyridine rings is 1. The summed E-state index contributed by atoms with van der Waals surface area (Å²) in [5.41, 5.74) is 8.07. The maximum atomic E-state index is 5.80. The Labute approximate surface area is 102 Å². The van der Waals surface area contributed by atoms with Crippen LogP contribution in [0.3, 0.4) is 0 Å². The summed E-state index contributed by atoms with van der Waals surface area (Å²) in [6.45, 7) is 5.17. The van der Waals surface area contributed by atoms with Crippen molar-refractivity contribution in [2.45, 2.75) is 6.54 Å². The number of nitrogen functional groups attached to an aromatic ring is 1. The Kier molecular flexibility index (Phi) is 3.62. The van der Waals surface area contributed by atoms with E-state index in [9.17, 15) is 0 Å². The highest BCUT2D eigenvalue weighted by Crippen LogP contribution is 2.11. The number of nitrogens with two attached hydrogens (primary N) is 1. The molecular formula is C13H18N4. The van der Waals surface area contributed by atoms with E-state index in [1.54, 1.807) is 6.07 Å². The first-order valence-electron chi connectivity index (χ1n) is 5.81. The summed E-state index contributed by atoms with van der Waals surface area (Å²) in [6, 6.07) is 3.63. The number of terminal acetylenes is 1. The molecule has 0 saturated carbocycles. The van der Waals surface area contributed by atoms with Gasteiger partial charge in [-0.25, -0.2) is 4.98 Å². The highest BCUT2D eigenvalue weighted by Gasteiger charge is 2.14. The zero-order valence-electron chi connectivity index (χ0n) is 10.2. The number of piperazine rings is 1. The molecule has 1 aromatic heterocycles. The molecule has 90 valence electrons. The van der Waals surface area contributed by atoms with E-state index < -0.39 is 0 Å². The van der Waals surface area contributed by atoms with Crippen LogP contribution in [0.1, 0.15) is 11.4 Å². The van der Waals surface area contributed by atoms with Crippen LogP contribution >= 0.6 is 0 Å². The number of hydrogen-bond donors (Lipinski definition) is 1. The Morgan fingerprint density at radius 2 is 2.06 bits per heavy atom. The van der Waals surface area contributed by atoms with Gasteiger partial charge in [-0.1, -0.05) is 5.92 Å². The Hall–Kier alpha value is -1.57. The predicted molar refractivity (Wildman–Crippen MR) is 69.4 cm³/mol. The topological polar surface area (TPSA) is 45.4 Å². The molecule has 4 nitrogen and oxygen atoms in total. The molecule has 2 N–H and O–H groups in total. The second kappa shape index (κ2) is 5.17. The molecule has 2 heterocycles. The van der Waals surface area contributed by atoms with E-state index in [2.05, 4.69) is 27.8 Å². The first-order valence-corrected chi connectivity index (χ1v) is 5.81. The summed E-state index contributed by atoms with van der Waals surface area (Å²) in [4.78, 5) is 9.10. The molecule has 1 aliphatic rings. The summed E-state index contributed by atoms with van der Waals surface area (Å²) < 4.78 is 0. The third-order valence-electron chi connectivity index (χ3n) is 3.03. The molecule has 0 spiro atoms. The van der Waals surface area contributed by atoms with E-state index in [1.807, 2.05) is 6.07 Å². The lowest BCUT2D eigenvalue weighted by molar-refractivity contribution is 0.147. The van der Waals surface area contributed by atoms with E-state index in [-0.39, 0.29) is 0 Å². The van der Waals surface area contributed by atoms with Gasteiger partial charge in [-0.15, -0.1) is 6.42 Å². The lowest BCUT2D eigenvalue weighted by atomic mass is 10.2. The molecule has 0 amide bonds. The van der Waals surface area contributed by atoms with Gasteiger partial charge < -0.3 is 10.6 Å². The van der Waals surface area contributed by atoms with Gasteiger partial charge in [-0.2, -0.15) is 0 Å². The second-order valence-corrected chi connectivity index (χ2v) is 4.50. The minimum atomic E-state index is 0.620. The third-order valence-corrected chi connectivity index (χ3v) is 3.03. The van der Waals surface area contributed by atoms with Crippen LogP contribution in [0.15, 0.2) is 12.1 Å². The largest absolute Gasteiger partial charge is 0.399 e. The molecule has 4 heteroatoms. The van der Waals surface area contributed by atoms with E-state index in [0.717, 1.165) is 38.4 Å². The summed E-state index contributed by atoms with van der Waals surface area (Å²) in [5.74, 6) is 2.53. The Balaban J connectivity index is 2.03. The van der Waals surface area contributed by atoms with E-state index in [4.69, 9.17) is 12.2 Å². The highest BCUT2D eigenvalue weighted by atomic mass is 15.2. The molecule has 0 aromatic carbocycles. The molecule has 0 radical (unpaired) electrons. The van der Waals surface area contributed by atoms with Crippen molar-refractivity contribution in [2.75, 3.05) is 39.0 Å². The van der Waals surface area contributed by atoms with Crippen LogP contribution in [0.25, 0.3) is 0 Å². The van der Waals surface area contributed by atoms with Crippen LogP contribution in [-0.2, 0) is 6.54 Å². The van der Waals surface area contributed by atoms with Gasteiger partial charge in [-0.05, 0) is 19.2 Å². The van der Waals surface area contributed by atoms with Crippen LogP contribution in [0.2, 0.25) is 0 Å². The zero-order valence-corrected chi connectivity index (χ0v) is 10.2. The van der Waals surface area contributed by atoms with Crippen molar-refractivity contribution in [3.05, 3.63) is 23.5 Å². The van der Waals surface area contributed by atoms with Crippen molar-refractivity contribution in [1.82, 2.24) is 14.8 Å². The smallest absolute Gasteiger partial charge is 0.115 e. The van der Waals surface area contributed by atoms with Gasteiger partial charge in [0.15, 0.2) is 0 Å². The average Bonchev–Trinajstić information content (AvgIpc) is 2.31.